The van der Waals surface area contributed by atoms with Crippen molar-refractivity contribution >= 4 is 23.4 Å². The molecule has 3 amide bonds. The van der Waals surface area contributed by atoms with Crippen molar-refractivity contribution in [2.24, 2.45) is 5.73 Å². The van der Waals surface area contributed by atoms with E-state index in [-0.39, 0.29) is 5.78 Å². The van der Waals surface area contributed by atoms with Crippen molar-refractivity contribution in [1.82, 2.24) is 0 Å². The number of urea groups is 1. The maximum Gasteiger partial charge on any atom is 0.326 e. The number of imide groups is 1. The van der Waals surface area contributed by atoms with E-state index in [0.29, 0.717) is 17.0 Å². The van der Waals surface area contributed by atoms with E-state index in [1.54, 1.807) is 18.2 Å². The predicted molar refractivity (Wildman–Crippen MR) is 63.5 cm³/mol. The third kappa shape index (κ3) is 1.62. The number of methoxy groups -OCH3 is 1. The number of rotatable bonds is 2. The van der Waals surface area contributed by atoms with Gasteiger partial charge in [0.2, 0.25) is 5.91 Å². The van der Waals surface area contributed by atoms with Crippen LogP contribution in [-0.2, 0) is 9.59 Å². The van der Waals surface area contributed by atoms with E-state index in [4.69, 9.17) is 10.5 Å². The van der Waals surface area contributed by atoms with E-state index in [1.807, 2.05) is 0 Å². The molecule has 1 aromatic carbocycles. The molecule has 0 saturated heterocycles. The Morgan fingerprint density at radius 1 is 1.39 bits per heavy atom. The number of carbonyl (C=O) groups is 3. The molecule has 0 aliphatic carbocycles. The van der Waals surface area contributed by atoms with Gasteiger partial charge in [-0.15, -0.1) is 0 Å². The summed E-state index contributed by atoms with van der Waals surface area (Å²) in [6, 6.07) is 3.82. The number of fused-ring (bicyclic) bond motifs is 1. The van der Waals surface area contributed by atoms with E-state index in [9.17, 15) is 14.4 Å². The molecular formula is C12H12N2O4. The molecule has 2 rings (SSSR count). The summed E-state index contributed by atoms with van der Waals surface area (Å²) in [7, 11) is 1.48. The standard InChI is InChI=1S/C12H12N2O4/c1-6(15)10-8-5-7(18-2)3-4-9(8)14(11(10)16)12(13)17/h3-5,10H,1-2H3,(H2,13,17). The molecule has 1 atom stereocenters. The Labute approximate surface area is 103 Å². The maximum absolute atomic E-state index is 12.0. The van der Waals surface area contributed by atoms with Crippen LogP contribution in [0.5, 0.6) is 5.75 Å². The van der Waals surface area contributed by atoms with Crippen molar-refractivity contribution < 1.29 is 19.1 Å². The first kappa shape index (κ1) is 12.1. The number of nitrogens with zero attached hydrogens (tertiary/aromatic N) is 1. The van der Waals surface area contributed by atoms with Gasteiger partial charge in [-0.3, -0.25) is 9.59 Å². The van der Waals surface area contributed by atoms with Crippen molar-refractivity contribution in [3.8, 4) is 5.75 Å². The Morgan fingerprint density at radius 2 is 2.06 bits per heavy atom. The van der Waals surface area contributed by atoms with E-state index in [2.05, 4.69) is 0 Å². The number of ketones is 1. The van der Waals surface area contributed by atoms with E-state index < -0.39 is 17.9 Å². The molecule has 0 spiro atoms. The Balaban J connectivity index is 2.62. The summed E-state index contributed by atoms with van der Waals surface area (Å²) in [5.74, 6) is -1.42. The Hall–Kier alpha value is -2.37. The number of Topliss-reactive ketones (excluding diaryl/α,β-unsaturated/α-hetero) is 1. The molecule has 18 heavy (non-hydrogen) atoms. The van der Waals surface area contributed by atoms with Gasteiger partial charge in [0.15, 0.2) is 0 Å². The van der Waals surface area contributed by atoms with Crippen molar-refractivity contribution in [1.29, 1.82) is 0 Å². The lowest BCUT2D eigenvalue weighted by Crippen LogP contribution is -2.40. The van der Waals surface area contributed by atoms with E-state index in [1.165, 1.54) is 14.0 Å². The summed E-state index contributed by atoms with van der Waals surface area (Å²) in [6.07, 6.45) is 0. The van der Waals surface area contributed by atoms with Crippen LogP contribution in [0.25, 0.3) is 0 Å². The van der Waals surface area contributed by atoms with Crippen molar-refractivity contribution in [3.63, 3.8) is 0 Å². The summed E-state index contributed by atoms with van der Waals surface area (Å²) >= 11 is 0. The lowest BCUT2D eigenvalue weighted by Gasteiger charge is -2.12. The molecule has 0 aromatic heterocycles. The van der Waals surface area contributed by atoms with Gasteiger partial charge < -0.3 is 10.5 Å². The van der Waals surface area contributed by atoms with Crippen LogP contribution < -0.4 is 15.4 Å². The second-order valence-corrected chi connectivity index (χ2v) is 3.98. The summed E-state index contributed by atoms with van der Waals surface area (Å²) in [4.78, 5) is 35.7. The van der Waals surface area contributed by atoms with Crippen LogP contribution in [0.15, 0.2) is 18.2 Å². The average Bonchev–Trinajstić information content (AvgIpc) is 2.59. The lowest BCUT2D eigenvalue weighted by molar-refractivity contribution is -0.126. The summed E-state index contributed by atoms with van der Waals surface area (Å²) < 4.78 is 5.04. The zero-order valence-corrected chi connectivity index (χ0v) is 9.97. The highest BCUT2D eigenvalue weighted by molar-refractivity contribution is 6.26. The molecule has 1 aliphatic rings. The molecule has 6 nitrogen and oxygen atoms in total. The highest BCUT2D eigenvalue weighted by Crippen LogP contribution is 2.39. The molecule has 1 aliphatic heterocycles. The number of nitrogens with two attached hydrogens (primary N) is 1. The fourth-order valence-corrected chi connectivity index (χ4v) is 2.10. The first-order chi connectivity index (χ1) is 8.47. The molecule has 1 heterocycles. The van der Waals surface area contributed by atoms with E-state index in [0.717, 1.165) is 4.90 Å². The van der Waals surface area contributed by atoms with Gasteiger partial charge in [-0.1, -0.05) is 0 Å². The molecular weight excluding hydrogens is 236 g/mol. The van der Waals surface area contributed by atoms with Gasteiger partial charge in [-0.05, 0) is 30.7 Å². The largest absolute Gasteiger partial charge is 0.497 e. The van der Waals surface area contributed by atoms with Gasteiger partial charge in [-0.25, -0.2) is 9.69 Å². The number of benzene rings is 1. The SMILES string of the molecule is COc1ccc2c(c1)C(C(C)=O)C(=O)N2C(N)=O. The van der Waals surface area contributed by atoms with Crippen LogP contribution in [0, 0.1) is 0 Å². The topological polar surface area (TPSA) is 89.7 Å². The van der Waals surface area contributed by atoms with Crippen LogP contribution >= 0.6 is 0 Å². The lowest BCUT2D eigenvalue weighted by atomic mass is 9.97. The minimum Gasteiger partial charge on any atom is -0.497 e. The number of ether oxygens (including phenoxy) is 1. The highest BCUT2D eigenvalue weighted by Gasteiger charge is 2.42. The van der Waals surface area contributed by atoms with Crippen molar-refractivity contribution in [3.05, 3.63) is 23.8 Å². The van der Waals surface area contributed by atoms with Gasteiger partial charge in [-0.2, -0.15) is 0 Å². The van der Waals surface area contributed by atoms with Gasteiger partial charge in [0.25, 0.3) is 0 Å². The van der Waals surface area contributed by atoms with E-state index >= 15 is 0 Å². The first-order valence-electron chi connectivity index (χ1n) is 5.29. The number of carbonyl (C=O) groups excluding carboxylic acids is 3. The van der Waals surface area contributed by atoms with Gasteiger partial charge in [0.1, 0.15) is 17.5 Å². The van der Waals surface area contributed by atoms with Crippen LogP contribution in [-0.4, -0.2) is 24.8 Å². The molecule has 6 heteroatoms. The smallest absolute Gasteiger partial charge is 0.326 e. The number of hydrogen-bond acceptors (Lipinski definition) is 4. The third-order valence-corrected chi connectivity index (χ3v) is 2.88. The molecule has 2 N–H and O–H groups in total. The molecule has 0 bridgehead atoms. The first-order valence-corrected chi connectivity index (χ1v) is 5.29. The predicted octanol–water partition coefficient (Wildman–Crippen LogP) is 0.793. The van der Waals surface area contributed by atoms with Crippen molar-refractivity contribution in [2.75, 3.05) is 12.0 Å². The minimum absolute atomic E-state index is 0.335. The van der Waals surface area contributed by atoms with Crippen LogP contribution in [0.4, 0.5) is 10.5 Å². The Morgan fingerprint density at radius 3 is 2.56 bits per heavy atom. The van der Waals surface area contributed by atoms with Crippen LogP contribution in [0.2, 0.25) is 0 Å². The normalized spacial score (nSPS) is 17.6. The zero-order valence-electron chi connectivity index (χ0n) is 9.97. The quantitative estimate of drug-likeness (QED) is 0.783. The molecule has 0 radical (unpaired) electrons. The second kappa shape index (κ2) is 4.14. The minimum atomic E-state index is -0.984. The number of primary amides is 1. The number of anilines is 1. The van der Waals surface area contributed by atoms with Crippen molar-refractivity contribution in [2.45, 2.75) is 12.8 Å². The second-order valence-electron chi connectivity index (χ2n) is 3.98. The summed E-state index contributed by atoms with van der Waals surface area (Å²) in [6.45, 7) is 1.30. The van der Waals surface area contributed by atoms with Crippen LogP contribution in [0.3, 0.4) is 0 Å². The number of amides is 3. The Bertz CT molecular complexity index is 553. The fourth-order valence-electron chi connectivity index (χ4n) is 2.10. The Kier molecular flexibility index (Phi) is 2.78. The molecule has 94 valence electrons. The molecule has 1 aromatic rings. The zero-order chi connectivity index (χ0) is 13.4. The average molecular weight is 248 g/mol. The maximum atomic E-state index is 12.0. The molecule has 0 fully saturated rings. The van der Waals surface area contributed by atoms with Gasteiger partial charge in [0, 0.05) is 0 Å². The van der Waals surface area contributed by atoms with Crippen LogP contribution in [0.1, 0.15) is 18.4 Å². The van der Waals surface area contributed by atoms with Gasteiger partial charge >= 0.3 is 6.03 Å². The highest BCUT2D eigenvalue weighted by atomic mass is 16.5. The summed E-state index contributed by atoms with van der Waals surface area (Å²) in [5.41, 5.74) is 5.95. The monoisotopic (exact) mass is 248 g/mol. The molecule has 1 unspecified atom stereocenters. The summed E-state index contributed by atoms with van der Waals surface area (Å²) in [5, 5.41) is 0. The molecule has 0 saturated carbocycles. The van der Waals surface area contributed by atoms with Gasteiger partial charge in [0.05, 0.1) is 12.8 Å². The third-order valence-electron chi connectivity index (χ3n) is 2.88. The number of hydrogen-bond donors (Lipinski definition) is 1. The fraction of sp³-hybridized carbons (Fsp3) is 0.250.